The zero-order chi connectivity index (χ0) is 16.7. The molecule has 0 aliphatic carbocycles. The van der Waals surface area contributed by atoms with Gasteiger partial charge in [-0.2, -0.15) is 0 Å². The molecular formula is C18H18BrNO3. The van der Waals surface area contributed by atoms with Crippen LogP contribution in [-0.2, 0) is 16.0 Å². The molecule has 1 atom stereocenters. The summed E-state index contributed by atoms with van der Waals surface area (Å²) in [6.07, 6.45) is 0.385. The number of hydrogen-bond donors (Lipinski definition) is 1. The number of carbonyl (C=O) groups is 2. The van der Waals surface area contributed by atoms with Crippen molar-refractivity contribution in [2.45, 2.75) is 19.4 Å². The van der Waals surface area contributed by atoms with Crippen LogP contribution >= 0.6 is 15.9 Å². The zero-order valence-electron chi connectivity index (χ0n) is 12.8. The van der Waals surface area contributed by atoms with Crippen LogP contribution in [0.15, 0.2) is 59.1 Å². The molecule has 4 nitrogen and oxygen atoms in total. The molecule has 2 aromatic carbocycles. The Hall–Kier alpha value is -2.14. The fraction of sp³-hybridized carbons (Fsp3) is 0.222. The van der Waals surface area contributed by atoms with E-state index in [1.807, 2.05) is 36.4 Å². The Kier molecular flexibility index (Phi) is 6.35. The smallest absolute Gasteiger partial charge is 0.328 e. The Morgan fingerprint density at radius 3 is 2.39 bits per heavy atom. The molecule has 0 saturated heterocycles. The summed E-state index contributed by atoms with van der Waals surface area (Å²) < 4.78 is 5.76. The molecule has 0 aromatic heterocycles. The maximum absolute atomic E-state index is 12.4. The van der Waals surface area contributed by atoms with Crippen LogP contribution < -0.4 is 5.32 Å². The third-order valence-corrected chi connectivity index (χ3v) is 3.97. The van der Waals surface area contributed by atoms with Gasteiger partial charge < -0.3 is 10.1 Å². The topological polar surface area (TPSA) is 55.4 Å². The van der Waals surface area contributed by atoms with Gasteiger partial charge in [0.2, 0.25) is 0 Å². The first-order chi connectivity index (χ1) is 11.1. The largest absolute Gasteiger partial charge is 0.464 e. The second-order valence-corrected chi connectivity index (χ2v) is 5.80. The first-order valence-corrected chi connectivity index (χ1v) is 8.17. The van der Waals surface area contributed by atoms with E-state index in [9.17, 15) is 9.59 Å². The number of hydrogen-bond acceptors (Lipinski definition) is 3. The molecule has 0 radical (unpaired) electrons. The van der Waals surface area contributed by atoms with Crippen LogP contribution in [0.3, 0.4) is 0 Å². The van der Waals surface area contributed by atoms with Crippen molar-refractivity contribution in [3.05, 3.63) is 70.2 Å². The molecule has 0 heterocycles. The molecule has 1 unspecified atom stereocenters. The van der Waals surface area contributed by atoms with E-state index in [4.69, 9.17) is 4.74 Å². The van der Waals surface area contributed by atoms with Crippen molar-refractivity contribution < 1.29 is 14.3 Å². The van der Waals surface area contributed by atoms with Gasteiger partial charge in [0.25, 0.3) is 5.91 Å². The summed E-state index contributed by atoms with van der Waals surface area (Å²) in [6.45, 7) is 2.02. The van der Waals surface area contributed by atoms with Gasteiger partial charge in [0.1, 0.15) is 6.04 Å². The SMILES string of the molecule is CCOC(=O)C(Cc1ccccc1)NC(=O)c1ccccc1Br. The van der Waals surface area contributed by atoms with E-state index in [1.165, 1.54) is 0 Å². The Morgan fingerprint density at radius 2 is 1.74 bits per heavy atom. The van der Waals surface area contributed by atoms with Crippen molar-refractivity contribution in [3.8, 4) is 0 Å². The van der Waals surface area contributed by atoms with Crippen LogP contribution in [0.5, 0.6) is 0 Å². The van der Waals surface area contributed by atoms with Crippen LogP contribution in [0.4, 0.5) is 0 Å². The molecule has 1 amide bonds. The van der Waals surface area contributed by atoms with Gasteiger partial charge in [0.15, 0.2) is 0 Å². The highest BCUT2D eigenvalue weighted by molar-refractivity contribution is 9.10. The van der Waals surface area contributed by atoms with E-state index >= 15 is 0 Å². The minimum absolute atomic E-state index is 0.273. The second kappa shape index (κ2) is 8.48. The monoisotopic (exact) mass is 375 g/mol. The molecule has 120 valence electrons. The highest BCUT2D eigenvalue weighted by Crippen LogP contribution is 2.16. The fourth-order valence-electron chi connectivity index (χ4n) is 2.17. The van der Waals surface area contributed by atoms with E-state index in [0.29, 0.717) is 16.5 Å². The molecule has 5 heteroatoms. The first-order valence-electron chi connectivity index (χ1n) is 7.37. The fourth-order valence-corrected chi connectivity index (χ4v) is 2.63. The van der Waals surface area contributed by atoms with Gasteiger partial charge in [-0.25, -0.2) is 4.79 Å². The van der Waals surface area contributed by atoms with Crippen molar-refractivity contribution in [3.63, 3.8) is 0 Å². The number of esters is 1. The summed E-state index contributed by atoms with van der Waals surface area (Å²) in [4.78, 5) is 24.6. The number of rotatable bonds is 6. The molecule has 1 N–H and O–H groups in total. The molecule has 0 aliphatic rings. The van der Waals surface area contributed by atoms with Gasteiger partial charge in [-0.15, -0.1) is 0 Å². The van der Waals surface area contributed by atoms with Gasteiger partial charge in [-0.1, -0.05) is 42.5 Å². The molecular weight excluding hydrogens is 358 g/mol. The van der Waals surface area contributed by atoms with Crippen molar-refractivity contribution in [2.24, 2.45) is 0 Å². The molecule has 0 fully saturated rings. The molecule has 0 saturated carbocycles. The summed E-state index contributed by atoms with van der Waals surface area (Å²) in [7, 11) is 0. The van der Waals surface area contributed by atoms with Gasteiger partial charge in [-0.05, 0) is 40.5 Å². The van der Waals surface area contributed by atoms with Gasteiger partial charge in [0, 0.05) is 10.9 Å². The minimum atomic E-state index is -0.725. The average molecular weight is 376 g/mol. The normalized spacial score (nSPS) is 11.6. The van der Waals surface area contributed by atoms with Crippen molar-refractivity contribution in [1.82, 2.24) is 5.32 Å². The van der Waals surface area contributed by atoms with Gasteiger partial charge in [0.05, 0.1) is 12.2 Å². The maximum Gasteiger partial charge on any atom is 0.328 e. The number of ether oxygens (including phenoxy) is 1. The van der Waals surface area contributed by atoms with Crippen molar-refractivity contribution in [1.29, 1.82) is 0 Å². The summed E-state index contributed by atoms with van der Waals surface area (Å²) in [5, 5.41) is 2.76. The maximum atomic E-state index is 12.4. The van der Waals surface area contributed by atoms with Gasteiger partial charge in [-0.3, -0.25) is 4.79 Å². The van der Waals surface area contributed by atoms with Crippen molar-refractivity contribution >= 4 is 27.8 Å². The molecule has 23 heavy (non-hydrogen) atoms. The number of amides is 1. The van der Waals surface area contributed by atoms with E-state index in [2.05, 4.69) is 21.2 Å². The average Bonchev–Trinajstić information content (AvgIpc) is 2.55. The predicted octanol–water partition coefficient (Wildman–Crippen LogP) is 3.35. The lowest BCUT2D eigenvalue weighted by Gasteiger charge is -2.18. The Morgan fingerprint density at radius 1 is 1.09 bits per heavy atom. The van der Waals surface area contributed by atoms with E-state index in [-0.39, 0.29) is 12.5 Å². The number of carbonyl (C=O) groups excluding carboxylic acids is 2. The minimum Gasteiger partial charge on any atom is -0.464 e. The molecule has 0 spiro atoms. The Balaban J connectivity index is 2.15. The third-order valence-electron chi connectivity index (χ3n) is 3.28. The van der Waals surface area contributed by atoms with Crippen LogP contribution in [0, 0.1) is 0 Å². The third kappa shape index (κ3) is 4.93. The van der Waals surface area contributed by atoms with E-state index in [0.717, 1.165) is 5.56 Å². The summed E-state index contributed by atoms with van der Waals surface area (Å²) in [5.41, 5.74) is 1.44. The standard InChI is InChI=1S/C18H18BrNO3/c1-2-23-18(22)16(12-13-8-4-3-5-9-13)20-17(21)14-10-6-7-11-15(14)19/h3-11,16H,2,12H2,1H3,(H,20,21). The highest BCUT2D eigenvalue weighted by Gasteiger charge is 2.23. The molecule has 0 aliphatic heterocycles. The highest BCUT2D eigenvalue weighted by atomic mass is 79.9. The molecule has 2 rings (SSSR count). The van der Waals surface area contributed by atoms with Crippen LogP contribution in [0.25, 0.3) is 0 Å². The summed E-state index contributed by atoms with van der Waals surface area (Å²) in [6, 6.07) is 15.9. The number of benzene rings is 2. The number of halogens is 1. The second-order valence-electron chi connectivity index (χ2n) is 4.95. The Bertz CT molecular complexity index is 673. The molecule has 2 aromatic rings. The van der Waals surface area contributed by atoms with E-state index < -0.39 is 12.0 Å². The predicted molar refractivity (Wildman–Crippen MR) is 92.2 cm³/mol. The zero-order valence-corrected chi connectivity index (χ0v) is 14.4. The summed E-state index contributed by atoms with van der Waals surface area (Å²) >= 11 is 3.34. The summed E-state index contributed by atoms with van der Waals surface area (Å²) in [5.74, 6) is -0.747. The lowest BCUT2D eigenvalue weighted by Crippen LogP contribution is -2.43. The molecule has 0 bridgehead atoms. The Labute approximate surface area is 144 Å². The van der Waals surface area contributed by atoms with Crippen LogP contribution in [0.1, 0.15) is 22.8 Å². The van der Waals surface area contributed by atoms with Crippen LogP contribution in [-0.4, -0.2) is 24.5 Å². The van der Waals surface area contributed by atoms with Crippen molar-refractivity contribution in [2.75, 3.05) is 6.61 Å². The van der Waals surface area contributed by atoms with Gasteiger partial charge >= 0.3 is 5.97 Å². The number of nitrogens with one attached hydrogen (secondary N) is 1. The lowest BCUT2D eigenvalue weighted by molar-refractivity contribution is -0.145. The quantitative estimate of drug-likeness (QED) is 0.787. The van der Waals surface area contributed by atoms with E-state index in [1.54, 1.807) is 25.1 Å². The lowest BCUT2D eigenvalue weighted by atomic mass is 10.1. The van der Waals surface area contributed by atoms with Crippen LogP contribution in [0.2, 0.25) is 0 Å². The first kappa shape index (κ1) is 17.2.